The number of hydrogen-bond donors (Lipinski definition) is 0. The Morgan fingerprint density at radius 3 is 2.07 bits per heavy atom. The van der Waals surface area contributed by atoms with Crippen molar-refractivity contribution >= 4 is 44.0 Å². The maximum atomic E-state index is 13.3. The summed E-state index contributed by atoms with van der Waals surface area (Å²) in [6, 6.07) is 18.0. The zero-order chi connectivity index (χ0) is 20.8. The fraction of sp³-hybridized carbons (Fsp3) is 0.0455. The van der Waals surface area contributed by atoms with Gasteiger partial charge in [0.1, 0.15) is 11.3 Å². The van der Waals surface area contributed by atoms with Gasteiger partial charge in [-0.15, -0.1) is 0 Å². The molecule has 0 aliphatic rings. The molecule has 0 aliphatic carbocycles. The normalized spacial score (nSPS) is 11.7. The zero-order valence-corrected chi connectivity index (χ0v) is 17.5. The molecule has 4 aromatic rings. The maximum Gasteiger partial charge on any atom is 0.201 e. The van der Waals surface area contributed by atoms with E-state index in [1.807, 2.05) is 0 Å². The minimum atomic E-state index is -3.35. The molecule has 0 radical (unpaired) electrons. The number of halogens is 2. The minimum Gasteiger partial charge on any atom is -0.455 e. The van der Waals surface area contributed by atoms with E-state index >= 15 is 0 Å². The molecular weight excluding hydrogens is 431 g/mol. The second-order valence-corrected chi connectivity index (χ2v) is 9.47. The third-order valence-corrected chi connectivity index (χ3v) is 6.06. The Kier molecular flexibility index (Phi) is 4.99. The molecule has 0 atom stereocenters. The van der Waals surface area contributed by atoms with Gasteiger partial charge in [-0.1, -0.05) is 35.3 Å². The summed E-state index contributed by atoms with van der Waals surface area (Å²) in [5, 5.41) is 1.20. The fourth-order valence-corrected chi connectivity index (χ4v) is 4.32. The Labute approximate surface area is 177 Å². The van der Waals surface area contributed by atoms with Crippen LogP contribution in [0.25, 0.3) is 33.4 Å². The van der Waals surface area contributed by atoms with Crippen molar-refractivity contribution in [1.82, 2.24) is 0 Å². The van der Waals surface area contributed by atoms with Crippen LogP contribution in [0, 0.1) is 0 Å². The van der Waals surface area contributed by atoms with Crippen molar-refractivity contribution in [3.8, 4) is 22.5 Å². The van der Waals surface area contributed by atoms with Crippen LogP contribution in [-0.2, 0) is 9.84 Å². The zero-order valence-electron chi connectivity index (χ0n) is 15.1. The average Bonchev–Trinajstić information content (AvgIpc) is 2.66. The first-order chi connectivity index (χ1) is 13.7. The quantitative estimate of drug-likeness (QED) is 0.398. The van der Waals surface area contributed by atoms with Crippen LogP contribution in [-0.4, -0.2) is 14.7 Å². The van der Waals surface area contributed by atoms with Crippen LogP contribution in [0.5, 0.6) is 0 Å². The average molecular weight is 445 g/mol. The number of para-hydroxylation sites is 1. The summed E-state index contributed by atoms with van der Waals surface area (Å²) in [5.41, 5.74) is 1.58. The molecule has 0 spiro atoms. The van der Waals surface area contributed by atoms with E-state index in [2.05, 4.69) is 0 Å². The van der Waals surface area contributed by atoms with E-state index in [9.17, 15) is 13.2 Å². The van der Waals surface area contributed by atoms with Crippen molar-refractivity contribution in [2.75, 3.05) is 6.26 Å². The predicted molar refractivity (Wildman–Crippen MR) is 116 cm³/mol. The third-order valence-electron chi connectivity index (χ3n) is 4.49. The molecule has 0 bridgehead atoms. The molecule has 0 amide bonds. The molecule has 0 aliphatic heterocycles. The molecule has 0 fully saturated rings. The molecule has 1 aromatic heterocycles. The van der Waals surface area contributed by atoms with Crippen LogP contribution >= 0.6 is 23.2 Å². The number of hydrogen-bond acceptors (Lipinski definition) is 4. The Morgan fingerprint density at radius 2 is 1.45 bits per heavy atom. The molecule has 4 rings (SSSR count). The Bertz CT molecular complexity index is 1390. The standard InChI is InChI=1S/C22H14Cl2O4S/c1-29(26,27)17-8-6-13(7-9-17)22-20(14-10-15(23)12-16(24)11-14)21(25)18-4-2-3-5-19(18)28-22/h2-12H,1H3. The smallest absolute Gasteiger partial charge is 0.201 e. The van der Waals surface area contributed by atoms with Gasteiger partial charge in [0.2, 0.25) is 5.43 Å². The van der Waals surface area contributed by atoms with Crippen molar-refractivity contribution in [1.29, 1.82) is 0 Å². The molecule has 29 heavy (non-hydrogen) atoms. The van der Waals surface area contributed by atoms with Crippen molar-refractivity contribution in [2.45, 2.75) is 4.90 Å². The third kappa shape index (κ3) is 3.81. The topological polar surface area (TPSA) is 64.3 Å². The highest BCUT2D eigenvalue weighted by Crippen LogP contribution is 2.35. The summed E-state index contributed by atoms with van der Waals surface area (Å²) in [7, 11) is -3.35. The first-order valence-electron chi connectivity index (χ1n) is 8.57. The lowest BCUT2D eigenvalue weighted by atomic mass is 9.98. The van der Waals surface area contributed by atoms with Crippen molar-refractivity contribution in [3.63, 3.8) is 0 Å². The second-order valence-electron chi connectivity index (χ2n) is 6.59. The largest absolute Gasteiger partial charge is 0.455 e. The van der Waals surface area contributed by atoms with Crippen LogP contribution in [0.4, 0.5) is 0 Å². The summed E-state index contributed by atoms with van der Waals surface area (Å²) in [6.07, 6.45) is 1.14. The lowest BCUT2D eigenvalue weighted by Crippen LogP contribution is -2.07. The second kappa shape index (κ2) is 7.34. The summed E-state index contributed by atoms with van der Waals surface area (Å²) in [6.45, 7) is 0. The van der Waals surface area contributed by atoms with Gasteiger partial charge >= 0.3 is 0 Å². The molecule has 146 valence electrons. The molecule has 0 saturated heterocycles. The lowest BCUT2D eigenvalue weighted by Gasteiger charge is -2.12. The van der Waals surface area contributed by atoms with Crippen molar-refractivity contribution in [2.24, 2.45) is 0 Å². The van der Waals surface area contributed by atoms with Gasteiger partial charge < -0.3 is 4.42 Å². The van der Waals surface area contributed by atoms with Gasteiger partial charge in [-0.3, -0.25) is 4.79 Å². The van der Waals surface area contributed by atoms with Gasteiger partial charge in [0.05, 0.1) is 15.8 Å². The Morgan fingerprint density at radius 1 is 0.828 bits per heavy atom. The molecular formula is C22H14Cl2O4S. The lowest BCUT2D eigenvalue weighted by molar-refractivity contribution is 0.601. The summed E-state index contributed by atoms with van der Waals surface area (Å²) >= 11 is 12.3. The number of fused-ring (bicyclic) bond motifs is 1. The van der Waals surface area contributed by atoms with E-state index < -0.39 is 9.84 Å². The Hall–Kier alpha value is -2.60. The van der Waals surface area contributed by atoms with E-state index in [0.717, 1.165) is 6.26 Å². The van der Waals surface area contributed by atoms with E-state index in [1.54, 1.807) is 54.6 Å². The van der Waals surface area contributed by atoms with E-state index in [4.69, 9.17) is 27.6 Å². The molecule has 7 heteroatoms. The summed E-state index contributed by atoms with van der Waals surface area (Å²) < 4.78 is 29.6. The van der Waals surface area contributed by atoms with Gasteiger partial charge in [0.15, 0.2) is 9.84 Å². The molecule has 0 saturated carbocycles. The van der Waals surface area contributed by atoms with E-state index in [0.29, 0.717) is 43.5 Å². The highest BCUT2D eigenvalue weighted by Gasteiger charge is 2.19. The molecule has 3 aromatic carbocycles. The van der Waals surface area contributed by atoms with Crippen molar-refractivity contribution < 1.29 is 12.8 Å². The van der Waals surface area contributed by atoms with Crippen LogP contribution in [0.15, 0.2) is 80.8 Å². The Balaban J connectivity index is 2.06. The highest BCUT2D eigenvalue weighted by atomic mass is 35.5. The van der Waals surface area contributed by atoms with E-state index in [-0.39, 0.29) is 10.3 Å². The van der Waals surface area contributed by atoms with Crippen LogP contribution < -0.4 is 5.43 Å². The molecule has 0 unspecified atom stereocenters. The van der Waals surface area contributed by atoms with Gasteiger partial charge in [0.25, 0.3) is 0 Å². The summed E-state index contributed by atoms with van der Waals surface area (Å²) in [4.78, 5) is 13.5. The van der Waals surface area contributed by atoms with Gasteiger partial charge in [0, 0.05) is 21.9 Å². The first kappa shape index (κ1) is 19.7. The van der Waals surface area contributed by atoms with Crippen LogP contribution in [0.1, 0.15) is 0 Å². The predicted octanol–water partition coefficient (Wildman–Crippen LogP) is 5.84. The monoisotopic (exact) mass is 444 g/mol. The van der Waals surface area contributed by atoms with Crippen LogP contribution in [0.2, 0.25) is 10.0 Å². The molecule has 1 heterocycles. The molecule has 4 nitrogen and oxygen atoms in total. The first-order valence-corrected chi connectivity index (χ1v) is 11.2. The highest BCUT2D eigenvalue weighted by molar-refractivity contribution is 7.90. The van der Waals surface area contributed by atoms with Gasteiger partial charge in [-0.2, -0.15) is 0 Å². The van der Waals surface area contributed by atoms with E-state index in [1.165, 1.54) is 12.1 Å². The van der Waals surface area contributed by atoms with Crippen molar-refractivity contribution in [3.05, 3.63) is 87.0 Å². The van der Waals surface area contributed by atoms with Crippen LogP contribution in [0.3, 0.4) is 0 Å². The fourth-order valence-electron chi connectivity index (χ4n) is 3.16. The van der Waals surface area contributed by atoms with Gasteiger partial charge in [-0.05, 0) is 60.2 Å². The van der Waals surface area contributed by atoms with Gasteiger partial charge in [-0.25, -0.2) is 8.42 Å². The maximum absolute atomic E-state index is 13.3. The number of benzene rings is 3. The number of rotatable bonds is 3. The number of sulfone groups is 1. The summed E-state index contributed by atoms with van der Waals surface area (Å²) in [5.74, 6) is 0.312. The minimum absolute atomic E-state index is 0.178. The molecule has 0 N–H and O–H groups in total. The SMILES string of the molecule is CS(=O)(=O)c1ccc(-c2oc3ccccc3c(=O)c2-c2cc(Cl)cc(Cl)c2)cc1.